The van der Waals surface area contributed by atoms with Gasteiger partial charge in [-0.05, 0) is 12.1 Å². The summed E-state index contributed by atoms with van der Waals surface area (Å²) < 4.78 is 28.1. The first-order chi connectivity index (χ1) is 7.95. The molecule has 0 N–H and O–H groups in total. The second-order valence-electron chi connectivity index (χ2n) is 3.09. The van der Waals surface area contributed by atoms with Crippen molar-refractivity contribution < 1.29 is 23.2 Å². The maximum Gasteiger partial charge on any atom is 0.387 e. The second-order valence-corrected chi connectivity index (χ2v) is 3.09. The summed E-state index contributed by atoms with van der Waals surface area (Å²) in [6.45, 7) is -1.59. The summed E-state index contributed by atoms with van der Waals surface area (Å²) in [6, 6.07) is 3.14. The van der Waals surface area contributed by atoms with Gasteiger partial charge in [0.05, 0.1) is 4.92 Å². The lowest BCUT2D eigenvalue weighted by atomic mass is 10.1. The fraction of sp³-hybridized carbons (Fsp3) is 0.300. The van der Waals surface area contributed by atoms with E-state index in [0.717, 1.165) is 12.1 Å². The Morgan fingerprint density at radius 1 is 1.53 bits per heavy atom. The summed E-state index contributed by atoms with van der Waals surface area (Å²) in [5.41, 5.74) is -0.494. The summed E-state index contributed by atoms with van der Waals surface area (Å²) >= 11 is 0. The van der Waals surface area contributed by atoms with E-state index in [1.54, 1.807) is 6.92 Å². The predicted molar refractivity (Wildman–Crippen MR) is 54.3 cm³/mol. The summed E-state index contributed by atoms with van der Waals surface area (Å²) in [7, 11) is 0. The van der Waals surface area contributed by atoms with E-state index < -0.39 is 23.0 Å². The van der Waals surface area contributed by atoms with E-state index in [2.05, 4.69) is 4.74 Å². The van der Waals surface area contributed by atoms with Crippen molar-refractivity contribution in [2.45, 2.75) is 20.0 Å². The summed E-state index contributed by atoms with van der Waals surface area (Å²) in [6.07, 6.45) is 0.173. The SMILES string of the molecule is CCC(=O)c1ccc([N+](=O)[O-])c(OC(F)F)c1. The first-order valence-corrected chi connectivity index (χ1v) is 4.72. The standard InChI is InChI=1S/C10H9F2NO4/c1-2-8(14)6-3-4-7(13(15)16)9(5-6)17-10(11)12/h3-5,10H,2H2,1H3. The fourth-order valence-electron chi connectivity index (χ4n) is 1.23. The topological polar surface area (TPSA) is 69.4 Å². The summed E-state index contributed by atoms with van der Waals surface area (Å²) in [5, 5.41) is 10.5. The predicted octanol–water partition coefficient (Wildman–Crippen LogP) is 2.79. The average molecular weight is 245 g/mol. The second kappa shape index (κ2) is 5.33. The summed E-state index contributed by atoms with van der Waals surface area (Å²) in [5.74, 6) is -0.914. The van der Waals surface area contributed by atoms with Crippen LogP contribution in [0.4, 0.5) is 14.5 Å². The molecule has 0 fully saturated rings. The molecule has 1 aromatic rings. The molecule has 0 aliphatic rings. The Morgan fingerprint density at radius 2 is 2.18 bits per heavy atom. The molecular formula is C10H9F2NO4. The van der Waals surface area contributed by atoms with E-state index in [1.807, 2.05) is 0 Å². The number of ketones is 1. The molecule has 1 aromatic carbocycles. The lowest BCUT2D eigenvalue weighted by Gasteiger charge is -2.06. The number of hydrogen-bond acceptors (Lipinski definition) is 4. The van der Waals surface area contributed by atoms with Gasteiger partial charge in [-0.15, -0.1) is 0 Å². The van der Waals surface area contributed by atoms with Crippen LogP contribution in [0.2, 0.25) is 0 Å². The molecule has 5 nitrogen and oxygen atoms in total. The van der Waals surface area contributed by atoms with E-state index in [9.17, 15) is 23.7 Å². The number of nitro benzene ring substituents is 1. The van der Waals surface area contributed by atoms with Crippen LogP contribution in [-0.2, 0) is 0 Å². The van der Waals surface area contributed by atoms with Gasteiger partial charge in [-0.3, -0.25) is 14.9 Å². The number of nitro groups is 1. The number of ether oxygens (including phenoxy) is 1. The molecule has 0 aliphatic carbocycles. The van der Waals surface area contributed by atoms with Gasteiger partial charge in [-0.2, -0.15) is 8.78 Å². The quantitative estimate of drug-likeness (QED) is 0.454. The third-order valence-corrected chi connectivity index (χ3v) is 2.02. The molecule has 0 spiro atoms. The van der Waals surface area contributed by atoms with Crippen LogP contribution in [0.1, 0.15) is 23.7 Å². The van der Waals surface area contributed by atoms with Crippen LogP contribution in [0.3, 0.4) is 0 Å². The van der Waals surface area contributed by atoms with E-state index >= 15 is 0 Å². The number of hydrogen-bond donors (Lipinski definition) is 0. The van der Waals surface area contributed by atoms with Crippen molar-refractivity contribution in [2.75, 3.05) is 0 Å². The molecule has 0 bridgehead atoms. The molecule has 0 amide bonds. The molecule has 1 rings (SSSR count). The zero-order valence-corrected chi connectivity index (χ0v) is 8.85. The van der Waals surface area contributed by atoms with Gasteiger partial charge >= 0.3 is 12.3 Å². The van der Waals surface area contributed by atoms with Crippen LogP contribution >= 0.6 is 0 Å². The maximum atomic E-state index is 12.0. The van der Waals surface area contributed by atoms with Crippen molar-refractivity contribution in [3.05, 3.63) is 33.9 Å². The molecule has 0 heterocycles. The molecule has 0 saturated carbocycles. The van der Waals surface area contributed by atoms with Gasteiger partial charge in [0.25, 0.3) is 0 Å². The zero-order valence-electron chi connectivity index (χ0n) is 8.85. The van der Waals surface area contributed by atoms with Gasteiger partial charge < -0.3 is 4.74 Å². The van der Waals surface area contributed by atoms with Crippen molar-refractivity contribution in [2.24, 2.45) is 0 Å². The molecule has 0 atom stereocenters. The van der Waals surface area contributed by atoms with Crippen molar-refractivity contribution in [1.82, 2.24) is 0 Å². The Kier molecular flexibility index (Phi) is 4.08. The van der Waals surface area contributed by atoms with Crippen LogP contribution in [-0.4, -0.2) is 17.3 Å². The highest BCUT2D eigenvalue weighted by Gasteiger charge is 2.20. The monoisotopic (exact) mass is 245 g/mol. The number of alkyl halides is 2. The largest absolute Gasteiger partial charge is 0.427 e. The minimum absolute atomic E-state index is 0.105. The number of halogens is 2. The number of nitrogens with zero attached hydrogens (tertiary/aromatic N) is 1. The molecule has 0 aliphatic heterocycles. The highest BCUT2D eigenvalue weighted by atomic mass is 19.3. The number of benzene rings is 1. The smallest absolute Gasteiger partial charge is 0.387 e. The first kappa shape index (κ1) is 13.0. The Hall–Kier alpha value is -2.05. The molecular weight excluding hydrogens is 236 g/mol. The van der Waals surface area contributed by atoms with Gasteiger partial charge in [0, 0.05) is 18.1 Å². The normalized spacial score (nSPS) is 10.4. The minimum Gasteiger partial charge on any atom is -0.427 e. The van der Waals surface area contributed by atoms with Gasteiger partial charge in [0.15, 0.2) is 5.78 Å². The molecule has 7 heteroatoms. The number of carbonyl (C=O) groups is 1. The molecule has 0 radical (unpaired) electrons. The Morgan fingerprint density at radius 3 is 2.65 bits per heavy atom. The third-order valence-electron chi connectivity index (χ3n) is 2.02. The van der Waals surface area contributed by atoms with Crippen molar-refractivity contribution >= 4 is 11.5 Å². The van der Waals surface area contributed by atoms with Crippen molar-refractivity contribution in [3.63, 3.8) is 0 Å². The van der Waals surface area contributed by atoms with Gasteiger partial charge in [0.1, 0.15) is 0 Å². The molecule has 17 heavy (non-hydrogen) atoms. The van der Waals surface area contributed by atoms with Crippen LogP contribution < -0.4 is 4.74 Å². The Bertz CT molecular complexity index is 448. The third kappa shape index (κ3) is 3.20. The van der Waals surface area contributed by atoms with Crippen LogP contribution in [0.25, 0.3) is 0 Å². The lowest BCUT2D eigenvalue weighted by molar-refractivity contribution is -0.386. The van der Waals surface area contributed by atoms with Crippen molar-refractivity contribution in [1.29, 1.82) is 0 Å². The Labute approximate surface area is 95.2 Å². The Balaban J connectivity index is 3.18. The van der Waals surface area contributed by atoms with E-state index in [1.165, 1.54) is 6.07 Å². The van der Waals surface area contributed by atoms with Gasteiger partial charge in [-0.1, -0.05) is 6.92 Å². The number of rotatable bonds is 5. The maximum absolute atomic E-state index is 12.0. The fourth-order valence-corrected chi connectivity index (χ4v) is 1.23. The van der Waals surface area contributed by atoms with Crippen molar-refractivity contribution in [3.8, 4) is 5.75 Å². The molecule has 92 valence electrons. The highest BCUT2D eigenvalue weighted by molar-refractivity contribution is 5.96. The minimum atomic E-state index is -3.18. The summed E-state index contributed by atoms with van der Waals surface area (Å²) in [4.78, 5) is 21.0. The van der Waals surface area contributed by atoms with Crippen LogP contribution in [0.15, 0.2) is 18.2 Å². The highest BCUT2D eigenvalue weighted by Crippen LogP contribution is 2.29. The van der Waals surface area contributed by atoms with E-state index in [4.69, 9.17) is 0 Å². The van der Waals surface area contributed by atoms with Crippen LogP contribution in [0.5, 0.6) is 5.75 Å². The van der Waals surface area contributed by atoms with Gasteiger partial charge in [-0.25, -0.2) is 0 Å². The average Bonchev–Trinajstić information content (AvgIpc) is 2.26. The molecule has 0 saturated heterocycles. The molecule has 0 unspecified atom stereocenters. The number of Topliss-reactive ketones (excluding diaryl/α,β-unsaturated/α-hetero) is 1. The van der Waals surface area contributed by atoms with Gasteiger partial charge in [0.2, 0.25) is 5.75 Å². The van der Waals surface area contributed by atoms with E-state index in [-0.39, 0.29) is 17.8 Å². The lowest BCUT2D eigenvalue weighted by Crippen LogP contribution is -2.06. The van der Waals surface area contributed by atoms with E-state index in [0.29, 0.717) is 0 Å². The molecule has 0 aromatic heterocycles. The van der Waals surface area contributed by atoms with Crippen LogP contribution in [0, 0.1) is 10.1 Å². The number of carbonyl (C=O) groups excluding carboxylic acids is 1. The first-order valence-electron chi connectivity index (χ1n) is 4.72. The zero-order chi connectivity index (χ0) is 13.0.